The number of nitrogens with zero attached hydrogens (tertiary/aromatic N) is 2. The first kappa shape index (κ1) is 14.7. The third-order valence-corrected chi connectivity index (χ3v) is 3.66. The molecule has 0 fully saturated rings. The van der Waals surface area contributed by atoms with Gasteiger partial charge in [0, 0.05) is 18.3 Å². The number of aryl methyl sites for hydroxylation is 2. The van der Waals surface area contributed by atoms with E-state index < -0.39 is 0 Å². The highest BCUT2D eigenvalue weighted by Crippen LogP contribution is 2.27. The van der Waals surface area contributed by atoms with Gasteiger partial charge in [-0.3, -0.25) is 4.68 Å². The van der Waals surface area contributed by atoms with Gasteiger partial charge in [-0.05, 0) is 44.5 Å². The molecule has 0 spiro atoms. The number of rotatable bonds is 5. The molecule has 0 aliphatic rings. The first-order chi connectivity index (χ1) is 9.54. The molecule has 0 amide bonds. The van der Waals surface area contributed by atoms with Crippen molar-refractivity contribution >= 4 is 0 Å². The van der Waals surface area contributed by atoms with E-state index in [2.05, 4.69) is 24.3 Å². The van der Waals surface area contributed by atoms with Crippen molar-refractivity contribution in [3.05, 3.63) is 52.6 Å². The van der Waals surface area contributed by atoms with Crippen LogP contribution >= 0.6 is 0 Å². The Morgan fingerprint density at radius 1 is 1.25 bits per heavy atom. The minimum Gasteiger partial charge on any atom is -0.306 e. The SMILES string of the molecule is CCCNC(c1ccc(F)cc1)c1c(C)nn(C)c1C. The number of halogens is 1. The molecule has 0 radical (unpaired) electrons. The third-order valence-electron chi connectivity index (χ3n) is 3.66. The highest BCUT2D eigenvalue weighted by Gasteiger charge is 2.21. The summed E-state index contributed by atoms with van der Waals surface area (Å²) in [7, 11) is 1.95. The van der Waals surface area contributed by atoms with E-state index in [-0.39, 0.29) is 11.9 Å². The standard InChI is InChI=1S/C16H22FN3/c1-5-10-18-16(13-6-8-14(17)9-7-13)15-11(2)19-20(4)12(15)3/h6-9,16,18H,5,10H2,1-4H3. The molecule has 1 unspecified atom stereocenters. The van der Waals surface area contributed by atoms with Gasteiger partial charge in [-0.1, -0.05) is 19.1 Å². The molecule has 1 atom stereocenters. The van der Waals surface area contributed by atoms with Gasteiger partial charge < -0.3 is 5.32 Å². The molecule has 108 valence electrons. The number of hydrogen-bond acceptors (Lipinski definition) is 2. The van der Waals surface area contributed by atoms with Gasteiger partial charge in [0.15, 0.2) is 0 Å². The van der Waals surface area contributed by atoms with Crippen LogP contribution in [-0.4, -0.2) is 16.3 Å². The lowest BCUT2D eigenvalue weighted by Gasteiger charge is -2.20. The summed E-state index contributed by atoms with van der Waals surface area (Å²) in [6.07, 6.45) is 1.05. The lowest BCUT2D eigenvalue weighted by Crippen LogP contribution is -2.24. The van der Waals surface area contributed by atoms with Crippen molar-refractivity contribution in [2.24, 2.45) is 7.05 Å². The monoisotopic (exact) mass is 275 g/mol. The van der Waals surface area contributed by atoms with Crippen molar-refractivity contribution in [1.29, 1.82) is 0 Å². The molecule has 0 aliphatic carbocycles. The normalized spacial score (nSPS) is 12.7. The molecule has 2 rings (SSSR count). The molecule has 20 heavy (non-hydrogen) atoms. The van der Waals surface area contributed by atoms with E-state index in [1.807, 2.05) is 30.8 Å². The summed E-state index contributed by atoms with van der Waals surface area (Å²) >= 11 is 0. The maximum Gasteiger partial charge on any atom is 0.123 e. The quantitative estimate of drug-likeness (QED) is 0.907. The Morgan fingerprint density at radius 3 is 2.40 bits per heavy atom. The second kappa shape index (κ2) is 6.18. The number of aromatic nitrogens is 2. The molecule has 1 heterocycles. The van der Waals surface area contributed by atoms with E-state index in [1.54, 1.807) is 0 Å². The highest BCUT2D eigenvalue weighted by atomic mass is 19.1. The first-order valence-corrected chi connectivity index (χ1v) is 7.03. The molecule has 0 saturated carbocycles. The topological polar surface area (TPSA) is 29.9 Å². The summed E-state index contributed by atoms with van der Waals surface area (Å²) in [6.45, 7) is 7.14. The molecule has 0 aliphatic heterocycles. The molecule has 0 saturated heterocycles. The van der Waals surface area contributed by atoms with E-state index in [1.165, 1.54) is 17.7 Å². The predicted molar refractivity (Wildman–Crippen MR) is 79.2 cm³/mol. The average molecular weight is 275 g/mol. The van der Waals surface area contributed by atoms with Crippen LogP contribution in [0.15, 0.2) is 24.3 Å². The van der Waals surface area contributed by atoms with Gasteiger partial charge in [0.2, 0.25) is 0 Å². The van der Waals surface area contributed by atoms with Crippen LogP contribution in [-0.2, 0) is 7.05 Å². The van der Waals surface area contributed by atoms with Crippen molar-refractivity contribution in [1.82, 2.24) is 15.1 Å². The van der Waals surface area contributed by atoms with Gasteiger partial charge in [0.05, 0.1) is 11.7 Å². The maximum atomic E-state index is 13.1. The Kier molecular flexibility index (Phi) is 4.55. The number of benzene rings is 1. The van der Waals surface area contributed by atoms with Crippen LogP contribution in [0.4, 0.5) is 4.39 Å². The zero-order chi connectivity index (χ0) is 14.7. The minimum absolute atomic E-state index is 0.0595. The summed E-state index contributed by atoms with van der Waals surface area (Å²) in [5, 5.41) is 8.03. The molecule has 1 aromatic carbocycles. The van der Waals surface area contributed by atoms with Gasteiger partial charge in [-0.2, -0.15) is 5.10 Å². The fraction of sp³-hybridized carbons (Fsp3) is 0.438. The highest BCUT2D eigenvalue weighted by molar-refractivity contribution is 5.37. The summed E-state index contributed by atoms with van der Waals surface area (Å²) < 4.78 is 15.0. The maximum absolute atomic E-state index is 13.1. The summed E-state index contributed by atoms with van der Waals surface area (Å²) in [5.41, 5.74) is 4.41. The Bertz CT molecular complexity index is 572. The number of nitrogens with one attached hydrogen (secondary N) is 1. The van der Waals surface area contributed by atoms with Crippen LogP contribution in [0.3, 0.4) is 0 Å². The summed E-state index contributed by atoms with van der Waals surface area (Å²) in [4.78, 5) is 0. The van der Waals surface area contributed by atoms with Crippen LogP contribution in [0.1, 0.15) is 41.9 Å². The fourth-order valence-electron chi connectivity index (χ4n) is 2.54. The number of hydrogen-bond donors (Lipinski definition) is 1. The van der Waals surface area contributed by atoms with Crippen molar-refractivity contribution in [2.75, 3.05) is 6.54 Å². The minimum atomic E-state index is -0.206. The van der Waals surface area contributed by atoms with E-state index in [9.17, 15) is 4.39 Å². The Hall–Kier alpha value is -1.68. The zero-order valence-corrected chi connectivity index (χ0v) is 12.6. The van der Waals surface area contributed by atoms with Crippen LogP contribution in [0.25, 0.3) is 0 Å². The van der Waals surface area contributed by atoms with E-state index >= 15 is 0 Å². The van der Waals surface area contributed by atoms with Crippen LogP contribution in [0.5, 0.6) is 0 Å². The lowest BCUT2D eigenvalue weighted by atomic mass is 9.97. The van der Waals surface area contributed by atoms with Gasteiger partial charge in [0.1, 0.15) is 5.82 Å². The van der Waals surface area contributed by atoms with Crippen LogP contribution in [0.2, 0.25) is 0 Å². The smallest absolute Gasteiger partial charge is 0.123 e. The zero-order valence-electron chi connectivity index (χ0n) is 12.6. The third kappa shape index (κ3) is 2.90. The van der Waals surface area contributed by atoms with E-state index in [4.69, 9.17) is 0 Å². The second-order valence-electron chi connectivity index (χ2n) is 5.15. The molecule has 0 bridgehead atoms. The molecule has 3 nitrogen and oxygen atoms in total. The Morgan fingerprint density at radius 2 is 1.90 bits per heavy atom. The second-order valence-corrected chi connectivity index (χ2v) is 5.15. The van der Waals surface area contributed by atoms with Gasteiger partial charge >= 0.3 is 0 Å². The predicted octanol–water partition coefficient (Wildman–Crippen LogP) is 3.27. The first-order valence-electron chi connectivity index (χ1n) is 7.03. The summed E-state index contributed by atoms with van der Waals surface area (Å²) in [6, 6.07) is 6.76. The Balaban J connectivity index is 2.44. The van der Waals surface area contributed by atoms with Crippen LogP contribution in [0, 0.1) is 19.7 Å². The van der Waals surface area contributed by atoms with Crippen LogP contribution < -0.4 is 5.32 Å². The van der Waals surface area contributed by atoms with E-state index in [0.29, 0.717) is 0 Å². The van der Waals surface area contributed by atoms with Crippen molar-refractivity contribution in [2.45, 2.75) is 33.2 Å². The van der Waals surface area contributed by atoms with Crippen molar-refractivity contribution in [3.63, 3.8) is 0 Å². The fourth-order valence-corrected chi connectivity index (χ4v) is 2.54. The van der Waals surface area contributed by atoms with E-state index in [0.717, 1.165) is 29.9 Å². The van der Waals surface area contributed by atoms with Crippen molar-refractivity contribution in [3.8, 4) is 0 Å². The van der Waals surface area contributed by atoms with Crippen molar-refractivity contribution < 1.29 is 4.39 Å². The average Bonchev–Trinajstić information content (AvgIpc) is 2.67. The molecule has 1 aromatic heterocycles. The molecule has 2 aromatic rings. The molecule has 1 N–H and O–H groups in total. The summed E-state index contributed by atoms with van der Waals surface area (Å²) in [5.74, 6) is -0.206. The molecule has 4 heteroatoms. The van der Waals surface area contributed by atoms with Gasteiger partial charge in [-0.25, -0.2) is 4.39 Å². The largest absolute Gasteiger partial charge is 0.306 e. The molecular formula is C16H22FN3. The Labute approximate surface area is 119 Å². The van der Waals surface area contributed by atoms with Gasteiger partial charge in [-0.15, -0.1) is 0 Å². The lowest BCUT2D eigenvalue weighted by molar-refractivity contribution is 0.588. The van der Waals surface area contributed by atoms with Gasteiger partial charge in [0.25, 0.3) is 0 Å². The molecular weight excluding hydrogens is 253 g/mol.